The van der Waals surface area contributed by atoms with Crippen LogP contribution in [0.4, 0.5) is 0 Å². The molecule has 5 heteroatoms. The Morgan fingerprint density at radius 3 is 2.53 bits per heavy atom. The zero-order valence-electron chi connectivity index (χ0n) is 10.8. The average molecular weight is 262 g/mol. The van der Waals surface area contributed by atoms with Crippen molar-refractivity contribution in [2.24, 2.45) is 11.8 Å². The molecular weight excluding hydrogens is 244 g/mol. The van der Waals surface area contributed by atoms with Crippen LogP contribution in [0.2, 0.25) is 0 Å². The molecule has 0 bridgehead atoms. The summed E-state index contributed by atoms with van der Waals surface area (Å²) in [4.78, 5) is 22.7. The van der Waals surface area contributed by atoms with E-state index >= 15 is 0 Å². The summed E-state index contributed by atoms with van der Waals surface area (Å²) in [6, 6.07) is 6.53. The molecule has 102 valence electrons. The van der Waals surface area contributed by atoms with Gasteiger partial charge in [-0.3, -0.25) is 4.79 Å². The van der Waals surface area contributed by atoms with Crippen LogP contribution < -0.4 is 10.6 Å². The number of carboxylic acids is 1. The van der Waals surface area contributed by atoms with E-state index in [9.17, 15) is 9.59 Å². The third-order valence-corrected chi connectivity index (χ3v) is 3.52. The van der Waals surface area contributed by atoms with Gasteiger partial charge in [0.15, 0.2) is 0 Å². The number of hydrogen-bond donors (Lipinski definition) is 3. The predicted molar refractivity (Wildman–Crippen MR) is 70.8 cm³/mol. The summed E-state index contributed by atoms with van der Waals surface area (Å²) in [5.41, 5.74) is 1.15. The standard InChI is InChI=1S/C14H18N2O3/c1-9-6-15-8-12(9)13(17)16-7-10-2-4-11(5-3-10)14(18)19/h2-5,9,12,15H,6-8H2,1H3,(H,16,17)(H,18,19). The Morgan fingerprint density at radius 1 is 1.32 bits per heavy atom. The van der Waals surface area contributed by atoms with Gasteiger partial charge in [0.05, 0.1) is 11.5 Å². The quantitative estimate of drug-likeness (QED) is 0.752. The molecule has 1 aromatic rings. The van der Waals surface area contributed by atoms with Crippen molar-refractivity contribution in [3.63, 3.8) is 0 Å². The molecule has 0 aromatic heterocycles. The van der Waals surface area contributed by atoms with Crippen molar-refractivity contribution in [3.05, 3.63) is 35.4 Å². The lowest BCUT2D eigenvalue weighted by Crippen LogP contribution is -2.33. The van der Waals surface area contributed by atoms with Crippen LogP contribution in [0.15, 0.2) is 24.3 Å². The molecule has 0 radical (unpaired) electrons. The molecule has 1 aliphatic heterocycles. The first kappa shape index (κ1) is 13.5. The molecule has 1 amide bonds. The molecule has 0 spiro atoms. The first-order valence-corrected chi connectivity index (χ1v) is 6.38. The summed E-state index contributed by atoms with van der Waals surface area (Å²) in [5.74, 6) is -0.506. The van der Waals surface area contributed by atoms with Gasteiger partial charge in [-0.1, -0.05) is 19.1 Å². The second-order valence-corrected chi connectivity index (χ2v) is 4.96. The molecule has 1 fully saturated rings. The van der Waals surface area contributed by atoms with Crippen LogP contribution >= 0.6 is 0 Å². The van der Waals surface area contributed by atoms with Crippen molar-refractivity contribution in [2.45, 2.75) is 13.5 Å². The van der Waals surface area contributed by atoms with E-state index < -0.39 is 5.97 Å². The first-order valence-electron chi connectivity index (χ1n) is 6.38. The summed E-state index contributed by atoms with van der Waals surface area (Å²) in [7, 11) is 0. The molecule has 2 atom stereocenters. The third-order valence-electron chi connectivity index (χ3n) is 3.52. The monoisotopic (exact) mass is 262 g/mol. The highest BCUT2D eigenvalue weighted by Crippen LogP contribution is 2.15. The van der Waals surface area contributed by atoms with Gasteiger partial charge in [0.2, 0.25) is 5.91 Å². The van der Waals surface area contributed by atoms with E-state index in [1.807, 2.05) is 0 Å². The van der Waals surface area contributed by atoms with Crippen molar-refractivity contribution in [1.29, 1.82) is 0 Å². The lowest BCUT2D eigenvalue weighted by atomic mass is 9.97. The molecule has 0 saturated carbocycles. The Balaban J connectivity index is 1.88. The van der Waals surface area contributed by atoms with E-state index in [1.165, 1.54) is 0 Å². The molecular formula is C14H18N2O3. The number of carbonyl (C=O) groups is 2. The summed E-state index contributed by atoms with van der Waals surface area (Å²) in [6.45, 7) is 4.10. The van der Waals surface area contributed by atoms with Crippen LogP contribution in [-0.2, 0) is 11.3 Å². The Labute approximate surface area is 112 Å². The SMILES string of the molecule is CC1CNCC1C(=O)NCc1ccc(C(=O)O)cc1. The molecule has 3 N–H and O–H groups in total. The molecule has 1 aliphatic rings. The fourth-order valence-corrected chi connectivity index (χ4v) is 2.25. The topological polar surface area (TPSA) is 78.4 Å². The van der Waals surface area contributed by atoms with Crippen LogP contribution in [0.3, 0.4) is 0 Å². The number of hydrogen-bond acceptors (Lipinski definition) is 3. The van der Waals surface area contributed by atoms with E-state index in [2.05, 4.69) is 17.6 Å². The van der Waals surface area contributed by atoms with Crippen LogP contribution in [0, 0.1) is 11.8 Å². The minimum Gasteiger partial charge on any atom is -0.478 e. The van der Waals surface area contributed by atoms with Gasteiger partial charge >= 0.3 is 5.97 Å². The number of carboxylic acid groups (broad SMARTS) is 1. The van der Waals surface area contributed by atoms with Crippen molar-refractivity contribution in [2.75, 3.05) is 13.1 Å². The van der Waals surface area contributed by atoms with Gasteiger partial charge in [0.25, 0.3) is 0 Å². The number of carbonyl (C=O) groups excluding carboxylic acids is 1. The molecule has 19 heavy (non-hydrogen) atoms. The van der Waals surface area contributed by atoms with Gasteiger partial charge in [-0.15, -0.1) is 0 Å². The molecule has 5 nitrogen and oxygen atoms in total. The van der Waals surface area contributed by atoms with Crippen molar-refractivity contribution < 1.29 is 14.7 Å². The lowest BCUT2D eigenvalue weighted by molar-refractivity contribution is -0.125. The van der Waals surface area contributed by atoms with Crippen LogP contribution in [0.1, 0.15) is 22.8 Å². The van der Waals surface area contributed by atoms with Gasteiger partial charge in [0, 0.05) is 13.1 Å². The second-order valence-electron chi connectivity index (χ2n) is 4.96. The zero-order chi connectivity index (χ0) is 13.8. The Bertz CT molecular complexity index is 470. The highest BCUT2D eigenvalue weighted by atomic mass is 16.4. The number of nitrogens with one attached hydrogen (secondary N) is 2. The maximum Gasteiger partial charge on any atom is 0.335 e. The van der Waals surface area contributed by atoms with Crippen molar-refractivity contribution in [3.8, 4) is 0 Å². The van der Waals surface area contributed by atoms with Gasteiger partial charge in [-0.2, -0.15) is 0 Å². The van der Waals surface area contributed by atoms with E-state index in [1.54, 1.807) is 24.3 Å². The zero-order valence-corrected chi connectivity index (χ0v) is 10.8. The first-order chi connectivity index (χ1) is 9.08. The maximum atomic E-state index is 12.0. The number of benzene rings is 1. The number of amides is 1. The minimum atomic E-state index is -0.943. The van der Waals surface area contributed by atoms with E-state index in [4.69, 9.17) is 5.11 Å². The van der Waals surface area contributed by atoms with Crippen molar-refractivity contribution >= 4 is 11.9 Å². The normalized spacial score (nSPS) is 22.2. The Hall–Kier alpha value is -1.88. The minimum absolute atomic E-state index is 0.0262. The molecule has 1 aromatic carbocycles. The van der Waals surface area contributed by atoms with Gasteiger partial charge in [-0.25, -0.2) is 4.79 Å². The smallest absolute Gasteiger partial charge is 0.335 e. The third kappa shape index (κ3) is 3.32. The van der Waals surface area contributed by atoms with E-state index in [0.29, 0.717) is 12.5 Å². The lowest BCUT2D eigenvalue weighted by Gasteiger charge is -2.14. The fourth-order valence-electron chi connectivity index (χ4n) is 2.25. The summed E-state index contributed by atoms with van der Waals surface area (Å²) in [6.07, 6.45) is 0. The maximum absolute atomic E-state index is 12.0. The van der Waals surface area contributed by atoms with Gasteiger partial charge in [-0.05, 0) is 30.2 Å². The Morgan fingerprint density at radius 2 is 2.00 bits per heavy atom. The largest absolute Gasteiger partial charge is 0.478 e. The number of aromatic carboxylic acids is 1. The highest BCUT2D eigenvalue weighted by Gasteiger charge is 2.29. The summed E-state index contributed by atoms with van der Waals surface area (Å²) < 4.78 is 0. The molecule has 1 heterocycles. The van der Waals surface area contributed by atoms with Crippen LogP contribution in [0.25, 0.3) is 0 Å². The van der Waals surface area contributed by atoms with Crippen molar-refractivity contribution in [1.82, 2.24) is 10.6 Å². The highest BCUT2D eigenvalue weighted by molar-refractivity contribution is 5.87. The summed E-state index contributed by atoms with van der Waals surface area (Å²) >= 11 is 0. The Kier molecular flexibility index (Phi) is 4.16. The van der Waals surface area contributed by atoms with E-state index in [-0.39, 0.29) is 17.4 Å². The fraction of sp³-hybridized carbons (Fsp3) is 0.429. The summed E-state index contributed by atoms with van der Waals surface area (Å²) in [5, 5.41) is 14.9. The van der Waals surface area contributed by atoms with E-state index in [0.717, 1.165) is 18.7 Å². The average Bonchev–Trinajstić information content (AvgIpc) is 2.83. The predicted octanol–water partition coefficient (Wildman–Crippen LogP) is 0.856. The van der Waals surface area contributed by atoms with Gasteiger partial charge in [0.1, 0.15) is 0 Å². The van der Waals surface area contributed by atoms with Crippen LogP contribution in [0.5, 0.6) is 0 Å². The molecule has 1 saturated heterocycles. The molecule has 2 rings (SSSR count). The molecule has 2 unspecified atom stereocenters. The molecule has 0 aliphatic carbocycles. The van der Waals surface area contributed by atoms with Gasteiger partial charge < -0.3 is 15.7 Å². The second kappa shape index (κ2) is 5.84. The van der Waals surface area contributed by atoms with Crippen LogP contribution in [-0.4, -0.2) is 30.1 Å². The number of rotatable bonds is 4.